The standard InChI is InChI=1S/C18H14N2O3S/c21-17(20-13-4-2-1-3-5-13)16-11-19-18(24-16)12-6-7-14-15(10-12)23-9-8-22-14/h1-7,10-11H,8-9H2,(H,20,21). The van der Waals surface area contributed by atoms with E-state index in [1.165, 1.54) is 11.3 Å². The molecule has 1 aliphatic rings. The summed E-state index contributed by atoms with van der Waals surface area (Å²) in [4.78, 5) is 17.2. The number of benzene rings is 2. The SMILES string of the molecule is O=C(Nc1ccccc1)c1cnc(-c2ccc3c(c2)OCCO3)s1. The van der Waals surface area contributed by atoms with E-state index in [0.717, 1.165) is 22.0 Å². The summed E-state index contributed by atoms with van der Waals surface area (Å²) in [6, 6.07) is 15.0. The van der Waals surface area contributed by atoms with Crippen molar-refractivity contribution in [1.82, 2.24) is 4.98 Å². The summed E-state index contributed by atoms with van der Waals surface area (Å²) in [5, 5.41) is 3.63. The first-order chi connectivity index (χ1) is 11.8. The molecule has 1 amide bonds. The molecule has 24 heavy (non-hydrogen) atoms. The summed E-state index contributed by atoms with van der Waals surface area (Å²) in [6.45, 7) is 1.10. The van der Waals surface area contributed by atoms with Crippen molar-refractivity contribution in [3.8, 4) is 22.1 Å². The molecule has 6 heteroatoms. The van der Waals surface area contributed by atoms with Gasteiger partial charge in [-0.15, -0.1) is 11.3 Å². The number of rotatable bonds is 3. The molecule has 1 N–H and O–H groups in total. The summed E-state index contributed by atoms with van der Waals surface area (Å²) in [6.07, 6.45) is 1.59. The van der Waals surface area contributed by atoms with Gasteiger partial charge in [0.25, 0.3) is 5.91 Å². The van der Waals surface area contributed by atoms with Crippen molar-refractivity contribution < 1.29 is 14.3 Å². The molecule has 5 nitrogen and oxygen atoms in total. The van der Waals surface area contributed by atoms with Gasteiger partial charge in [0.1, 0.15) is 23.1 Å². The molecule has 1 aliphatic heterocycles. The number of nitrogens with one attached hydrogen (secondary N) is 1. The average Bonchev–Trinajstić information content (AvgIpc) is 3.12. The number of fused-ring (bicyclic) bond motifs is 1. The van der Waals surface area contributed by atoms with Gasteiger partial charge in [-0.1, -0.05) is 18.2 Å². The molecule has 2 heterocycles. The molecule has 0 spiro atoms. The van der Waals surface area contributed by atoms with E-state index in [1.807, 2.05) is 48.5 Å². The smallest absolute Gasteiger partial charge is 0.267 e. The zero-order valence-corrected chi connectivity index (χ0v) is 13.5. The van der Waals surface area contributed by atoms with E-state index in [9.17, 15) is 4.79 Å². The first-order valence-corrected chi connectivity index (χ1v) is 8.33. The fourth-order valence-corrected chi connectivity index (χ4v) is 3.21. The first-order valence-electron chi connectivity index (χ1n) is 7.52. The molecule has 2 aromatic carbocycles. The van der Waals surface area contributed by atoms with Gasteiger partial charge in [-0.2, -0.15) is 0 Å². The van der Waals surface area contributed by atoms with Crippen LogP contribution in [0.5, 0.6) is 11.5 Å². The molecule has 0 atom stereocenters. The number of nitrogens with zero attached hydrogens (tertiary/aromatic N) is 1. The normalized spacial score (nSPS) is 12.7. The third-order valence-corrected chi connectivity index (χ3v) is 4.60. The molecule has 3 aromatic rings. The van der Waals surface area contributed by atoms with E-state index >= 15 is 0 Å². The van der Waals surface area contributed by atoms with Gasteiger partial charge in [-0.25, -0.2) is 4.98 Å². The topological polar surface area (TPSA) is 60.5 Å². The third kappa shape index (κ3) is 2.96. The number of hydrogen-bond donors (Lipinski definition) is 1. The Morgan fingerprint density at radius 2 is 1.83 bits per heavy atom. The third-order valence-electron chi connectivity index (χ3n) is 3.55. The van der Waals surface area contributed by atoms with Crippen LogP contribution in [0, 0.1) is 0 Å². The summed E-state index contributed by atoms with van der Waals surface area (Å²) < 4.78 is 11.1. The zero-order chi connectivity index (χ0) is 16.4. The minimum absolute atomic E-state index is 0.164. The maximum absolute atomic E-state index is 12.3. The van der Waals surface area contributed by atoms with Crippen LogP contribution in [-0.4, -0.2) is 24.1 Å². The maximum Gasteiger partial charge on any atom is 0.267 e. The molecular formula is C18H14N2O3S. The van der Waals surface area contributed by atoms with Crippen LogP contribution in [-0.2, 0) is 0 Å². The highest BCUT2D eigenvalue weighted by atomic mass is 32.1. The van der Waals surface area contributed by atoms with E-state index in [-0.39, 0.29) is 5.91 Å². The molecule has 0 radical (unpaired) electrons. The number of carbonyl (C=O) groups is 1. The Kier molecular flexibility index (Phi) is 3.88. The summed E-state index contributed by atoms with van der Waals surface area (Å²) >= 11 is 1.34. The number of thiazole rings is 1. The fourth-order valence-electron chi connectivity index (χ4n) is 2.40. The Hall–Kier alpha value is -2.86. The highest BCUT2D eigenvalue weighted by Gasteiger charge is 2.16. The van der Waals surface area contributed by atoms with Crippen molar-refractivity contribution in [1.29, 1.82) is 0 Å². The molecular weight excluding hydrogens is 324 g/mol. The van der Waals surface area contributed by atoms with Gasteiger partial charge < -0.3 is 14.8 Å². The van der Waals surface area contributed by atoms with Crippen molar-refractivity contribution >= 4 is 22.9 Å². The number of anilines is 1. The quantitative estimate of drug-likeness (QED) is 0.788. The van der Waals surface area contributed by atoms with Gasteiger partial charge >= 0.3 is 0 Å². The summed E-state index contributed by atoms with van der Waals surface area (Å²) in [7, 11) is 0. The molecule has 0 fully saturated rings. The Bertz CT molecular complexity index is 877. The number of carbonyl (C=O) groups excluding carboxylic acids is 1. The van der Waals surface area contributed by atoms with Crippen LogP contribution >= 0.6 is 11.3 Å². The molecule has 0 aliphatic carbocycles. The minimum Gasteiger partial charge on any atom is -0.486 e. The van der Waals surface area contributed by atoms with Crippen molar-refractivity contribution in [3.63, 3.8) is 0 Å². The number of ether oxygens (including phenoxy) is 2. The van der Waals surface area contributed by atoms with Gasteiger partial charge in [-0.3, -0.25) is 4.79 Å². The lowest BCUT2D eigenvalue weighted by Gasteiger charge is -2.18. The zero-order valence-electron chi connectivity index (χ0n) is 12.7. The van der Waals surface area contributed by atoms with Crippen LogP contribution in [0.3, 0.4) is 0 Å². The second-order valence-corrected chi connectivity index (χ2v) is 6.24. The molecule has 0 bridgehead atoms. The lowest BCUT2D eigenvalue weighted by atomic mass is 10.2. The Balaban J connectivity index is 1.55. The number of aromatic nitrogens is 1. The monoisotopic (exact) mass is 338 g/mol. The van der Waals surface area contributed by atoms with E-state index in [0.29, 0.717) is 23.8 Å². The Morgan fingerprint density at radius 3 is 2.67 bits per heavy atom. The lowest BCUT2D eigenvalue weighted by molar-refractivity contribution is 0.103. The summed E-state index contributed by atoms with van der Waals surface area (Å²) in [5.74, 6) is 1.29. The Labute approximate surface area is 142 Å². The first kappa shape index (κ1) is 14.7. The number of para-hydroxylation sites is 1. The fraction of sp³-hybridized carbons (Fsp3) is 0.111. The predicted octanol–water partition coefficient (Wildman–Crippen LogP) is 3.83. The van der Waals surface area contributed by atoms with Gasteiger partial charge in [0, 0.05) is 11.3 Å². The van der Waals surface area contributed by atoms with Gasteiger partial charge in [0.15, 0.2) is 11.5 Å². The van der Waals surface area contributed by atoms with Crippen LogP contribution in [0.25, 0.3) is 10.6 Å². The van der Waals surface area contributed by atoms with Gasteiger partial charge in [0.2, 0.25) is 0 Å². The highest BCUT2D eigenvalue weighted by molar-refractivity contribution is 7.17. The molecule has 0 saturated heterocycles. The second kappa shape index (κ2) is 6.33. The predicted molar refractivity (Wildman–Crippen MR) is 92.9 cm³/mol. The van der Waals surface area contributed by atoms with Gasteiger partial charge in [0.05, 0.1) is 6.20 Å². The number of hydrogen-bond acceptors (Lipinski definition) is 5. The van der Waals surface area contributed by atoms with Crippen LogP contribution in [0.2, 0.25) is 0 Å². The van der Waals surface area contributed by atoms with Crippen molar-refractivity contribution in [2.24, 2.45) is 0 Å². The largest absolute Gasteiger partial charge is 0.486 e. The van der Waals surface area contributed by atoms with E-state index in [1.54, 1.807) is 6.20 Å². The second-order valence-electron chi connectivity index (χ2n) is 5.21. The molecule has 4 rings (SSSR count). The Morgan fingerprint density at radius 1 is 1.04 bits per heavy atom. The molecule has 120 valence electrons. The van der Waals surface area contributed by atoms with E-state index in [2.05, 4.69) is 10.3 Å². The number of amides is 1. The maximum atomic E-state index is 12.3. The van der Waals surface area contributed by atoms with Crippen molar-refractivity contribution in [2.45, 2.75) is 0 Å². The molecule has 0 saturated carbocycles. The van der Waals surface area contributed by atoms with Gasteiger partial charge in [-0.05, 0) is 30.3 Å². The van der Waals surface area contributed by atoms with Crippen molar-refractivity contribution in [2.75, 3.05) is 18.5 Å². The van der Waals surface area contributed by atoms with E-state index in [4.69, 9.17) is 9.47 Å². The van der Waals surface area contributed by atoms with Crippen LogP contribution in [0.1, 0.15) is 9.67 Å². The molecule has 0 unspecified atom stereocenters. The molecule has 1 aromatic heterocycles. The lowest BCUT2D eigenvalue weighted by Crippen LogP contribution is -2.15. The average molecular weight is 338 g/mol. The van der Waals surface area contributed by atoms with Crippen LogP contribution in [0.15, 0.2) is 54.7 Å². The van der Waals surface area contributed by atoms with Crippen LogP contribution in [0.4, 0.5) is 5.69 Å². The van der Waals surface area contributed by atoms with E-state index < -0.39 is 0 Å². The minimum atomic E-state index is -0.164. The highest BCUT2D eigenvalue weighted by Crippen LogP contribution is 2.35. The van der Waals surface area contributed by atoms with Crippen molar-refractivity contribution in [3.05, 3.63) is 59.6 Å². The van der Waals surface area contributed by atoms with Crippen LogP contribution < -0.4 is 14.8 Å². The summed E-state index contributed by atoms with van der Waals surface area (Å²) in [5.41, 5.74) is 1.67.